The number of hydrogen-bond acceptors (Lipinski definition) is 3. The van der Waals surface area contributed by atoms with Gasteiger partial charge in [0.2, 0.25) is 0 Å². The van der Waals surface area contributed by atoms with Crippen LogP contribution in [0.1, 0.15) is 29.2 Å². The Kier molecular flexibility index (Phi) is 3.86. The van der Waals surface area contributed by atoms with Crippen molar-refractivity contribution in [3.8, 4) is 0 Å². The van der Waals surface area contributed by atoms with Gasteiger partial charge < -0.3 is 5.32 Å². The van der Waals surface area contributed by atoms with Gasteiger partial charge >= 0.3 is 0 Å². The fraction of sp³-hybridized carbons (Fsp3) is 0.417. The molecule has 3 nitrogen and oxygen atoms in total. The maximum absolute atomic E-state index is 6.20. The van der Waals surface area contributed by atoms with Crippen LogP contribution in [0.4, 0.5) is 0 Å². The minimum absolute atomic E-state index is 0.335. The molecule has 0 aliphatic rings. The minimum atomic E-state index is 0.335. The molecule has 17 heavy (non-hydrogen) atoms. The molecule has 92 valence electrons. The molecule has 0 fully saturated rings. The average molecular weight is 270 g/mol. The Morgan fingerprint density at radius 1 is 1.59 bits per heavy atom. The number of nitrogens with zero attached hydrogens (tertiary/aromatic N) is 2. The van der Waals surface area contributed by atoms with E-state index in [1.807, 2.05) is 18.7 Å². The van der Waals surface area contributed by atoms with Gasteiger partial charge in [0.15, 0.2) is 0 Å². The molecule has 2 heterocycles. The first-order chi connectivity index (χ1) is 8.09. The molecule has 0 radical (unpaired) electrons. The highest BCUT2D eigenvalue weighted by atomic mass is 35.5. The Labute approximate surface area is 110 Å². The van der Waals surface area contributed by atoms with Crippen LogP contribution < -0.4 is 5.32 Å². The number of halogens is 1. The molecule has 1 atom stereocenters. The van der Waals surface area contributed by atoms with Gasteiger partial charge in [-0.3, -0.25) is 4.68 Å². The molecular formula is C12H16ClN3S. The summed E-state index contributed by atoms with van der Waals surface area (Å²) in [5.74, 6) is 0. The number of aryl methyl sites for hydroxylation is 2. The van der Waals surface area contributed by atoms with Gasteiger partial charge in [0.25, 0.3) is 0 Å². The molecule has 0 saturated heterocycles. The maximum Gasteiger partial charge on any atom is 0.0860 e. The molecule has 0 aliphatic heterocycles. The number of thiophene rings is 1. The maximum atomic E-state index is 6.20. The number of rotatable bonds is 4. The second-order valence-corrected chi connectivity index (χ2v) is 5.44. The zero-order valence-corrected chi connectivity index (χ0v) is 11.8. The van der Waals surface area contributed by atoms with Gasteiger partial charge in [-0.25, -0.2) is 0 Å². The Bertz CT molecular complexity index is 490. The smallest absolute Gasteiger partial charge is 0.0860 e. The third-order valence-electron chi connectivity index (χ3n) is 2.81. The first-order valence-electron chi connectivity index (χ1n) is 5.54. The molecule has 0 bridgehead atoms. The second-order valence-electron chi connectivity index (χ2n) is 4.09. The van der Waals surface area contributed by atoms with E-state index >= 15 is 0 Å². The molecule has 5 heteroatoms. The van der Waals surface area contributed by atoms with E-state index in [1.165, 1.54) is 4.88 Å². The molecule has 0 aliphatic carbocycles. The summed E-state index contributed by atoms with van der Waals surface area (Å²) < 4.78 is 1.84. The molecule has 1 N–H and O–H groups in total. The summed E-state index contributed by atoms with van der Waals surface area (Å²) >= 11 is 7.96. The largest absolute Gasteiger partial charge is 0.304 e. The lowest BCUT2D eigenvalue weighted by Gasteiger charge is -2.12. The Morgan fingerprint density at radius 2 is 2.35 bits per heavy atom. The van der Waals surface area contributed by atoms with E-state index in [9.17, 15) is 0 Å². The number of hydrogen-bond donors (Lipinski definition) is 1. The molecule has 0 aromatic carbocycles. The molecule has 0 amide bonds. The van der Waals surface area contributed by atoms with E-state index in [1.54, 1.807) is 11.3 Å². The van der Waals surface area contributed by atoms with Crippen LogP contribution in [0.5, 0.6) is 0 Å². The Hall–Kier alpha value is -0.840. The van der Waals surface area contributed by atoms with Crippen LogP contribution in [0.3, 0.4) is 0 Å². The normalized spacial score (nSPS) is 12.9. The summed E-state index contributed by atoms with van der Waals surface area (Å²) in [7, 11) is 1.92. The van der Waals surface area contributed by atoms with Gasteiger partial charge in [0.1, 0.15) is 0 Å². The van der Waals surface area contributed by atoms with E-state index < -0.39 is 0 Å². The van der Waals surface area contributed by atoms with E-state index in [-0.39, 0.29) is 0 Å². The van der Waals surface area contributed by atoms with Crippen LogP contribution in [0.2, 0.25) is 5.02 Å². The Morgan fingerprint density at radius 3 is 2.88 bits per heavy atom. The number of aromatic nitrogens is 2. The second kappa shape index (κ2) is 5.21. The van der Waals surface area contributed by atoms with E-state index in [4.69, 9.17) is 11.6 Å². The van der Waals surface area contributed by atoms with Crippen molar-refractivity contribution in [1.29, 1.82) is 0 Å². The predicted molar refractivity (Wildman–Crippen MR) is 72.5 cm³/mol. The van der Waals surface area contributed by atoms with Crippen molar-refractivity contribution in [2.75, 3.05) is 0 Å². The summed E-state index contributed by atoms with van der Waals surface area (Å²) in [6.45, 7) is 4.81. The van der Waals surface area contributed by atoms with Crippen LogP contribution >= 0.6 is 22.9 Å². The van der Waals surface area contributed by atoms with Gasteiger partial charge in [0, 0.05) is 24.5 Å². The van der Waals surface area contributed by atoms with Crippen molar-refractivity contribution >= 4 is 22.9 Å². The molecular weight excluding hydrogens is 254 g/mol. The summed E-state index contributed by atoms with van der Waals surface area (Å²) in [5, 5.41) is 10.6. The van der Waals surface area contributed by atoms with Gasteiger partial charge in [-0.05, 0) is 25.3 Å². The number of nitrogens with one attached hydrogen (secondary N) is 1. The average Bonchev–Trinajstić information content (AvgIpc) is 2.88. The van der Waals surface area contributed by atoms with Crippen molar-refractivity contribution < 1.29 is 0 Å². The lowest BCUT2D eigenvalue weighted by Crippen LogP contribution is -2.19. The quantitative estimate of drug-likeness (QED) is 0.923. The third-order valence-corrected chi connectivity index (χ3v) is 4.35. The van der Waals surface area contributed by atoms with Crippen molar-refractivity contribution in [2.24, 2.45) is 7.05 Å². The highest BCUT2D eigenvalue weighted by molar-refractivity contribution is 7.10. The van der Waals surface area contributed by atoms with Crippen LogP contribution in [-0.4, -0.2) is 9.78 Å². The minimum Gasteiger partial charge on any atom is -0.304 e. The highest BCUT2D eigenvalue weighted by Crippen LogP contribution is 2.22. The molecule has 0 saturated carbocycles. The summed E-state index contributed by atoms with van der Waals surface area (Å²) in [5.41, 5.74) is 1.92. The lowest BCUT2D eigenvalue weighted by molar-refractivity contribution is 0.554. The van der Waals surface area contributed by atoms with Gasteiger partial charge in [-0.1, -0.05) is 17.7 Å². The van der Waals surface area contributed by atoms with Crippen molar-refractivity contribution in [3.63, 3.8) is 0 Å². The third kappa shape index (κ3) is 2.70. The molecule has 0 spiro atoms. The van der Waals surface area contributed by atoms with Gasteiger partial charge in [-0.2, -0.15) is 5.10 Å². The first kappa shape index (κ1) is 12.6. The lowest BCUT2D eigenvalue weighted by atomic mass is 10.2. The molecule has 2 aromatic rings. The SMILES string of the molecule is Cc1nn(C)c(CNC(C)c2cccs2)c1Cl. The van der Waals surface area contributed by atoms with Crippen molar-refractivity contribution in [2.45, 2.75) is 26.4 Å². The van der Waals surface area contributed by atoms with Crippen LogP contribution in [-0.2, 0) is 13.6 Å². The molecule has 2 rings (SSSR count). The van der Waals surface area contributed by atoms with Crippen LogP contribution in [0, 0.1) is 6.92 Å². The van der Waals surface area contributed by atoms with E-state index in [0.717, 1.165) is 23.0 Å². The molecule has 2 aromatic heterocycles. The monoisotopic (exact) mass is 269 g/mol. The topological polar surface area (TPSA) is 29.9 Å². The standard InChI is InChI=1S/C12H16ClN3S/c1-8(11-5-4-6-17-11)14-7-10-12(13)9(2)15-16(10)3/h4-6,8,14H,7H2,1-3H3. The van der Waals surface area contributed by atoms with E-state index in [2.05, 4.69) is 34.9 Å². The highest BCUT2D eigenvalue weighted by Gasteiger charge is 2.12. The zero-order chi connectivity index (χ0) is 12.4. The fourth-order valence-corrected chi connectivity index (χ4v) is 2.75. The predicted octanol–water partition coefficient (Wildman–Crippen LogP) is 3.29. The van der Waals surface area contributed by atoms with E-state index in [0.29, 0.717) is 6.04 Å². The van der Waals surface area contributed by atoms with Crippen LogP contribution in [0.15, 0.2) is 17.5 Å². The molecule has 1 unspecified atom stereocenters. The summed E-state index contributed by atoms with van der Waals surface area (Å²) in [6, 6.07) is 4.54. The fourth-order valence-electron chi connectivity index (χ4n) is 1.76. The summed E-state index contributed by atoms with van der Waals surface area (Å²) in [4.78, 5) is 1.33. The van der Waals surface area contributed by atoms with Crippen LogP contribution in [0.25, 0.3) is 0 Å². The van der Waals surface area contributed by atoms with Crippen molar-refractivity contribution in [3.05, 3.63) is 38.8 Å². The zero-order valence-electron chi connectivity index (χ0n) is 10.2. The Balaban J connectivity index is 2.03. The van der Waals surface area contributed by atoms with Crippen molar-refractivity contribution in [1.82, 2.24) is 15.1 Å². The first-order valence-corrected chi connectivity index (χ1v) is 6.80. The summed E-state index contributed by atoms with van der Waals surface area (Å²) in [6.07, 6.45) is 0. The van der Waals surface area contributed by atoms with Gasteiger partial charge in [-0.15, -0.1) is 11.3 Å². The van der Waals surface area contributed by atoms with Gasteiger partial charge in [0.05, 0.1) is 16.4 Å².